The summed E-state index contributed by atoms with van der Waals surface area (Å²) in [6, 6.07) is 6.55. The molecular weight excluding hydrogens is 296 g/mol. The highest BCUT2D eigenvalue weighted by molar-refractivity contribution is 7.89. The third kappa shape index (κ3) is 5.00. The molecule has 1 heterocycles. The largest absolute Gasteiger partial charge is 0.497 e. The second-order valence-corrected chi connectivity index (χ2v) is 6.33. The van der Waals surface area contributed by atoms with Gasteiger partial charge in [0, 0.05) is 13.1 Å². The average Bonchev–Trinajstić information content (AvgIpc) is 2.56. The second kappa shape index (κ2) is 8.60. The van der Waals surface area contributed by atoms with Gasteiger partial charge in [-0.3, -0.25) is 10.0 Å². The number of amides is 1. The molecule has 2 rings (SSSR count). The normalized spacial score (nSPS) is 15.5. The summed E-state index contributed by atoms with van der Waals surface area (Å²) in [6.45, 7) is 1.27. The summed E-state index contributed by atoms with van der Waals surface area (Å²) in [7, 11) is -1.75. The van der Waals surface area contributed by atoms with Crippen LogP contribution in [0.15, 0.2) is 29.2 Å². The minimum Gasteiger partial charge on any atom is -0.497 e. The lowest BCUT2D eigenvalue weighted by Gasteiger charge is -2.25. The van der Waals surface area contributed by atoms with Gasteiger partial charge in [-0.15, -0.1) is 0 Å². The number of hydroxylamine groups is 1. The monoisotopic (exact) mass is 316 g/mol. The molecule has 1 aliphatic heterocycles. The van der Waals surface area contributed by atoms with Gasteiger partial charge in [-0.2, -0.15) is 4.31 Å². The molecule has 0 atom stereocenters. The molecule has 1 aromatic carbocycles. The van der Waals surface area contributed by atoms with Crippen molar-refractivity contribution in [2.24, 2.45) is 0 Å². The Kier molecular flexibility index (Phi) is 7.13. The second-order valence-electron chi connectivity index (χ2n) is 4.39. The van der Waals surface area contributed by atoms with Gasteiger partial charge >= 0.3 is 0 Å². The zero-order valence-corrected chi connectivity index (χ0v) is 12.7. The average molecular weight is 316 g/mol. The topological polar surface area (TPSA) is 95.9 Å². The molecule has 1 aromatic rings. The number of methoxy groups -OCH3 is 1. The van der Waals surface area contributed by atoms with Crippen molar-refractivity contribution < 1.29 is 23.2 Å². The van der Waals surface area contributed by atoms with E-state index in [2.05, 4.69) is 0 Å². The van der Waals surface area contributed by atoms with Gasteiger partial charge in [0.1, 0.15) is 5.75 Å². The molecule has 0 radical (unpaired) electrons. The zero-order chi connectivity index (χ0) is 15.7. The molecule has 0 aromatic heterocycles. The maximum atomic E-state index is 12.3. The van der Waals surface area contributed by atoms with Gasteiger partial charge in [-0.05, 0) is 37.1 Å². The Hall–Kier alpha value is -1.64. The number of rotatable bonds is 4. The molecule has 0 saturated carbocycles. The highest BCUT2D eigenvalue weighted by atomic mass is 32.2. The number of carbonyl (C=O) groups excluding carboxylic acids is 1. The lowest BCUT2D eigenvalue weighted by molar-refractivity contribution is -0.116. The van der Waals surface area contributed by atoms with Crippen LogP contribution in [-0.4, -0.2) is 44.5 Å². The van der Waals surface area contributed by atoms with E-state index in [4.69, 9.17) is 14.7 Å². The van der Waals surface area contributed by atoms with Gasteiger partial charge in [0.2, 0.25) is 16.4 Å². The number of hydrogen-bond acceptors (Lipinski definition) is 5. The number of ether oxygens (including phenoxy) is 1. The van der Waals surface area contributed by atoms with Gasteiger partial charge in [-0.1, -0.05) is 6.42 Å². The molecule has 8 heteroatoms. The highest BCUT2D eigenvalue weighted by Gasteiger charge is 2.25. The molecule has 1 saturated heterocycles. The number of piperidine rings is 1. The van der Waals surface area contributed by atoms with Crippen molar-refractivity contribution in [3.8, 4) is 5.75 Å². The number of nitrogens with zero attached hydrogens (tertiary/aromatic N) is 1. The lowest BCUT2D eigenvalue weighted by Crippen LogP contribution is -2.35. The molecule has 118 valence electrons. The van der Waals surface area contributed by atoms with Crippen molar-refractivity contribution in [2.45, 2.75) is 24.2 Å². The van der Waals surface area contributed by atoms with Gasteiger partial charge in [0.15, 0.2) is 0 Å². The van der Waals surface area contributed by atoms with Gasteiger partial charge in [0.05, 0.1) is 12.0 Å². The van der Waals surface area contributed by atoms with Crippen LogP contribution in [-0.2, 0) is 14.8 Å². The molecule has 21 heavy (non-hydrogen) atoms. The van der Waals surface area contributed by atoms with E-state index in [0.29, 0.717) is 23.7 Å². The van der Waals surface area contributed by atoms with Crippen LogP contribution in [0.5, 0.6) is 5.75 Å². The summed E-state index contributed by atoms with van der Waals surface area (Å²) < 4.78 is 31.1. The van der Waals surface area contributed by atoms with Crippen LogP contribution in [0.25, 0.3) is 0 Å². The third-order valence-corrected chi connectivity index (χ3v) is 4.98. The van der Waals surface area contributed by atoms with E-state index in [1.807, 2.05) is 0 Å². The van der Waals surface area contributed by atoms with Crippen LogP contribution in [0, 0.1) is 0 Å². The molecule has 0 bridgehead atoms. The summed E-state index contributed by atoms with van der Waals surface area (Å²) >= 11 is 0. The minimum atomic E-state index is -3.31. The van der Waals surface area contributed by atoms with E-state index >= 15 is 0 Å². The van der Waals surface area contributed by atoms with E-state index in [0.717, 1.165) is 19.3 Å². The Morgan fingerprint density at radius 2 is 1.71 bits per heavy atom. The predicted molar refractivity (Wildman–Crippen MR) is 76.6 cm³/mol. The van der Waals surface area contributed by atoms with Gasteiger partial charge in [0.25, 0.3) is 0 Å². The first-order valence-electron chi connectivity index (χ1n) is 6.53. The number of carbonyl (C=O) groups is 1. The number of hydrogen-bond donors (Lipinski definition) is 2. The predicted octanol–water partition coefficient (Wildman–Crippen LogP) is 0.991. The van der Waals surface area contributed by atoms with Crippen molar-refractivity contribution in [3.05, 3.63) is 24.3 Å². The molecule has 2 N–H and O–H groups in total. The molecule has 7 nitrogen and oxygen atoms in total. The van der Waals surface area contributed by atoms with Crippen molar-refractivity contribution in [3.63, 3.8) is 0 Å². The SMILES string of the molecule is COc1ccc(S(=O)(=O)N2CCCCC2)cc1.O=CNO. The molecule has 0 aliphatic carbocycles. The highest BCUT2D eigenvalue weighted by Crippen LogP contribution is 2.22. The number of nitrogens with one attached hydrogen (secondary N) is 1. The molecule has 0 spiro atoms. The Labute approximate surface area is 124 Å². The van der Waals surface area contributed by atoms with Crippen molar-refractivity contribution in [1.29, 1.82) is 0 Å². The first-order valence-corrected chi connectivity index (χ1v) is 7.97. The summed E-state index contributed by atoms with van der Waals surface area (Å²) in [4.78, 5) is 9.16. The number of sulfonamides is 1. The van der Waals surface area contributed by atoms with Crippen LogP contribution >= 0.6 is 0 Å². The van der Waals surface area contributed by atoms with Crippen LogP contribution in [0.2, 0.25) is 0 Å². The van der Waals surface area contributed by atoms with E-state index in [-0.39, 0.29) is 6.41 Å². The van der Waals surface area contributed by atoms with Crippen molar-refractivity contribution >= 4 is 16.4 Å². The fourth-order valence-electron chi connectivity index (χ4n) is 2.00. The summed E-state index contributed by atoms with van der Waals surface area (Å²) in [5.41, 5.74) is 1.25. The fourth-order valence-corrected chi connectivity index (χ4v) is 3.52. The maximum Gasteiger partial charge on any atom is 0.243 e. The van der Waals surface area contributed by atoms with Gasteiger partial charge in [-0.25, -0.2) is 13.9 Å². The summed E-state index contributed by atoms with van der Waals surface area (Å²) in [5.74, 6) is 0.669. The van der Waals surface area contributed by atoms with E-state index in [9.17, 15) is 8.42 Å². The Bertz CT molecular complexity index is 524. The lowest BCUT2D eigenvalue weighted by atomic mass is 10.2. The van der Waals surface area contributed by atoms with Gasteiger partial charge < -0.3 is 4.74 Å². The molecule has 1 aliphatic rings. The number of benzene rings is 1. The zero-order valence-electron chi connectivity index (χ0n) is 11.9. The van der Waals surface area contributed by atoms with Crippen LogP contribution in [0.1, 0.15) is 19.3 Å². The molecule has 1 amide bonds. The van der Waals surface area contributed by atoms with E-state index in [1.165, 1.54) is 5.48 Å². The van der Waals surface area contributed by atoms with Crippen molar-refractivity contribution in [2.75, 3.05) is 20.2 Å². The van der Waals surface area contributed by atoms with Crippen LogP contribution in [0.3, 0.4) is 0 Å². The van der Waals surface area contributed by atoms with Crippen molar-refractivity contribution in [1.82, 2.24) is 9.79 Å². The fraction of sp³-hybridized carbons (Fsp3) is 0.462. The Balaban J connectivity index is 0.000000491. The van der Waals surface area contributed by atoms with Crippen LogP contribution < -0.4 is 10.2 Å². The minimum absolute atomic E-state index is 0.181. The quantitative estimate of drug-likeness (QED) is 0.490. The standard InChI is InChI=1S/C12H17NO3S.CH3NO2/c1-16-11-5-7-12(8-6-11)17(14,15)13-9-3-2-4-10-13;3-1-2-4/h5-8H,2-4,9-10H2,1H3;1,4H,(H,2,3). The Morgan fingerprint density at radius 1 is 1.19 bits per heavy atom. The molecule has 1 fully saturated rings. The van der Waals surface area contributed by atoms with Crippen LogP contribution in [0.4, 0.5) is 0 Å². The molecule has 0 unspecified atom stereocenters. The first kappa shape index (κ1) is 17.4. The van der Waals surface area contributed by atoms with E-state index in [1.54, 1.807) is 35.7 Å². The van der Waals surface area contributed by atoms with E-state index < -0.39 is 10.0 Å². The summed E-state index contributed by atoms with van der Waals surface area (Å²) in [6.07, 6.45) is 3.21. The molecular formula is C13H20N2O5S. The Morgan fingerprint density at radius 3 is 2.14 bits per heavy atom. The summed E-state index contributed by atoms with van der Waals surface area (Å²) in [5, 5.41) is 7.26. The smallest absolute Gasteiger partial charge is 0.243 e. The third-order valence-electron chi connectivity index (χ3n) is 3.06. The maximum absolute atomic E-state index is 12.3. The first-order chi connectivity index (χ1) is 10.1.